The van der Waals surface area contributed by atoms with Gasteiger partial charge in [0, 0.05) is 27.4 Å². The van der Waals surface area contributed by atoms with E-state index in [1.165, 1.54) is 6.92 Å². The van der Waals surface area contributed by atoms with Crippen molar-refractivity contribution in [3.8, 4) is 12.1 Å². The van der Waals surface area contributed by atoms with Crippen LogP contribution in [0.25, 0.3) is 10.4 Å². The Morgan fingerprint density at radius 3 is 2.65 bits per heavy atom. The van der Waals surface area contributed by atoms with Crippen molar-refractivity contribution in [3.05, 3.63) is 38.7 Å². The smallest absolute Gasteiger partial charge is 0.140 e. The molecule has 0 aliphatic heterocycles. The van der Waals surface area contributed by atoms with E-state index in [9.17, 15) is 4.79 Å². The zero-order valence-electron chi connectivity index (χ0n) is 10.6. The Hall–Kier alpha value is -2.34. The second-order valence-corrected chi connectivity index (χ2v) is 5.06. The molecule has 7 heteroatoms. The van der Waals surface area contributed by atoms with Crippen LogP contribution in [-0.4, -0.2) is 5.78 Å². The van der Waals surface area contributed by atoms with Crippen molar-refractivity contribution < 1.29 is 4.79 Å². The van der Waals surface area contributed by atoms with Crippen LogP contribution in [0.2, 0.25) is 0 Å². The third-order valence-corrected chi connectivity index (χ3v) is 3.22. The van der Waals surface area contributed by atoms with E-state index in [1.807, 2.05) is 12.1 Å². The molecular weight excluding hydrogens is 322 g/mol. The summed E-state index contributed by atoms with van der Waals surface area (Å²) in [5.74, 6) is -1.75. The molecular formula is C13H10BrN5O. The summed E-state index contributed by atoms with van der Waals surface area (Å²) in [4.78, 5) is 14.1. The second-order valence-electron chi connectivity index (χ2n) is 4.14. The summed E-state index contributed by atoms with van der Waals surface area (Å²) in [6.45, 7) is 1.39. The molecule has 0 aliphatic rings. The first-order chi connectivity index (χ1) is 9.53. The topological polar surface area (TPSA) is 113 Å². The molecule has 1 atom stereocenters. The van der Waals surface area contributed by atoms with Gasteiger partial charge in [-0.15, -0.1) is 0 Å². The summed E-state index contributed by atoms with van der Waals surface area (Å²) in [5, 5.41) is 21.7. The van der Waals surface area contributed by atoms with Crippen molar-refractivity contribution in [1.29, 1.82) is 10.5 Å². The number of nitrogens with zero attached hydrogens (tertiary/aromatic N) is 5. The predicted octanol–water partition coefficient (Wildman–Crippen LogP) is 4.12. The molecule has 0 spiro atoms. The minimum Gasteiger partial charge on any atom is -0.300 e. The van der Waals surface area contributed by atoms with E-state index in [4.69, 9.17) is 16.1 Å². The van der Waals surface area contributed by atoms with Crippen LogP contribution in [0.1, 0.15) is 24.8 Å². The monoisotopic (exact) mass is 331 g/mol. The molecule has 100 valence electrons. The lowest BCUT2D eigenvalue weighted by molar-refractivity contribution is -0.117. The highest BCUT2D eigenvalue weighted by molar-refractivity contribution is 9.10. The summed E-state index contributed by atoms with van der Waals surface area (Å²) in [5.41, 5.74) is 9.41. The average Bonchev–Trinajstić information content (AvgIpc) is 2.41. The number of azide groups is 1. The molecule has 1 aromatic rings. The number of hydrogen-bond donors (Lipinski definition) is 0. The van der Waals surface area contributed by atoms with Crippen LogP contribution in [0.3, 0.4) is 0 Å². The van der Waals surface area contributed by atoms with Gasteiger partial charge >= 0.3 is 0 Å². The Bertz CT molecular complexity index is 638. The Balaban J connectivity index is 3.43. The lowest BCUT2D eigenvalue weighted by Crippen LogP contribution is -2.13. The third kappa shape index (κ3) is 3.83. The summed E-state index contributed by atoms with van der Waals surface area (Å²) < 4.78 is 0.715. The fourth-order valence-electron chi connectivity index (χ4n) is 1.89. The zero-order valence-corrected chi connectivity index (χ0v) is 12.2. The fourth-order valence-corrected chi connectivity index (χ4v) is 2.27. The van der Waals surface area contributed by atoms with Crippen LogP contribution < -0.4 is 0 Å². The number of ketones is 1. The van der Waals surface area contributed by atoms with Crippen LogP contribution in [0.5, 0.6) is 0 Å². The van der Waals surface area contributed by atoms with Crippen molar-refractivity contribution in [2.75, 3.05) is 0 Å². The van der Waals surface area contributed by atoms with E-state index in [2.05, 4.69) is 26.0 Å². The van der Waals surface area contributed by atoms with Crippen molar-refractivity contribution in [1.82, 2.24) is 0 Å². The van der Waals surface area contributed by atoms with Gasteiger partial charge in [-0.3, -0.25) is 0 Å². The second kappa shape index (κ2) is 7.30. The highest BCUT2D eigenvalue weighted by Gasteiger charge is 2.26. The van der Waals surface area contributed by atoms with Crippen LogP contribution in [0.4, 0.5) is 5.69 Å². The maximum absolute atomic E-state index is 11.4. The van der Waals surface area contributed by atoms with Crippen LogP contribution >= 0.6 is 15.9 Å². The summed E-state index contributed by atoms with van der Waals surface area (Å²) >= 11 is 3.29. The minimum absolute atomic E-state index is 0.0379. The number of halogens is 1. The molecule has 20 heavy (non-hydrogen) atoms. The van der Waals surface area contributed by atoms with Gasteiger partial charge < -0.3 is 4.79 Å². The maximum Gasteiger partial charge on any atom is 0.140 e. The van der Waals surface area contributed by atoms with E-state index in [-0.39, 0.29) is 12.2 Å². The van der Waals surface area contributed by atoms with E-state index in [0.717, 1.165) is 0 Å². The molecule has 1 rings (SSSR count). The maximum atomic E-state index is 11.4. The van der Waals surface area contributed by atoms with E-state index >= 15 is 0 Å². The van der Waals surface area contributed by atoms with Gasteiger partial charge in [-0.1, -0.05) is 27.1 Å². The highest BCUT2D eigenvalue weighted by atomic mass is 79.9. The highest BCUT2D eigenvalue weighted by Crippen LogP contribution is 2.36. The molecule has 0 amide bonds. The first kappa shape index (κ1) is 15.7. The predicted molar refractivity (Wildman–Crippen MR) is 75.7 cm³/mol. The van der Waals surface area contributed by atoms with Gasteiger partial charge in [0.2, 0.25) is 0 Å². The van der Waals surface area contributed by atoms with Crippen molar-refractivity contribution >= 4 is 27.4 Å². The molecule has 1 unspecified atom stereocenters. The van der Waals surface area contributed by atoms with Crippen molar-refractivity contribution in [2.45, 2.75) is 19.3 Å². The molecule has 0 heterocycles. The summed E-state index contributed by atoms with van der Waals surface area (Å²) in [6, 6.07) is 8.70. The molecule has 1 aromatic carbocycles. The van der Waals surface area contributed by atoms with Gasteiger partial charge in [0.15, 0.2) is 0 Å². The third-order valence-electron chi connectivity index (χ3n) is 2.73. The Morgan fingerprint density at radius 2 is 2.15 bits per heavy atom. The number of carbonyl (C=O) groups is 1. The van der Waals surface area contributed by atoms with Gasteiger partial charge in [0.05, 0.1) is 12.1 Å². The van der Waals surface area contributed by atoms with Gasteiger partial charge in [-0.05, 0) is 30.2 Å². The Labute approximate surface area is 124 Å². The van der Waals surface area contributed by atoms with Crippen LogP contribution in [-0.2, 0) is 4.79 Å². The molecule has 0 fully saturated rings. The number of carbonyl (C=O) groups excluding carboxylic acids is 1. The van der Waals surface area contributed by atoms with Crippen LogP contribution in [0.15, 0.2) is 27.8 Å². The van der Waals surface area contributed by atoms with Crippen molar-refractivity contribution in [2.24, 2.45) is 11.0 Å². The number of nitriles is 2. The summed E-state index contributed by atoms with van der Waals surface area (Å²) in [6.07, 6.45) is 0.0379. The van der Waals surface area contributed by atoms with Gasteiger partial charge in [0.25, 0.3) is 0 Å². The van der Waals surface area contributed by atoms with Gasteiger partial charge in [-0.2, -0.15) is 10.5 Å². The molecule has 0 N–H and O–H groups in total. The largest absolute Gasteiger partial charge is 0.300 e. The number of benzene rings is 1. The molecule has 0 aliphatic carbocycles. The van der Waals surface area contributed by atoms with E-state index in [1.54, 1.807) is 18.2 Å². The fraction of sp³-hybridized carbons (Fsp3) is 0.308. The van der Waals surface area contributed by atoms with E-state index in [0.29, 0.717) is 15.7 Å². The first-order valence-corrected chi connectivity index (χ1v) is 6.46. The van der Waals surface area contributed by atoms with E-state index < -0.39 is 11.8 Å². The number of hydrogen-bond acceptors (Lipinski definition) is 4. The van der Waals surface area contributed by atoms with Gasteiger partial charge in [-0.25, -0.2) is 0 Å². The first-order valence-electron chi connectivity index (χ1n) is 5.66. The molecule has 6 nitrogen and oxygen atoms in total. The molecule has 0 bridgehead atoms. The quantitative estimate of drug-likeness (QED) is 0.459. The SMILES string of the molecule is CC(=O)CC(c1cc(Br)ccc1N=[N+]=[N-])C(C#N)C#N. The van der Waals surface area contributed by atoms with Crippen LogP contribution in [0, 0.1) is 28.6 Å². The van der Waals surface area contributed by atoms with Crippen molar-refractivity contribution in [3.63, 3.8) is 0 Å². The minimum atomic E-state index is -0.985. The molecule has 0 saturated heterocycles. The molecule has 0 radical (unpaired) electrons. The standard InChI is InChI=1S/C13H10BrN5O/c1-8(20)4-11(9(6-15)7-16)12-5-10(14)2-3-13(12)18-19-17/h2-3,5,9,11H,4H2,1H3. The summed E-state index contributed by atoms with van der Waals surface area (Å²) in [7, 11) is 0. The molecule has 0 saturated carbocycles. The zero-order chi connectivity index (χ0) is 15.1. The molecule has 0 aromatic heterocycles. The lowest BCUT2D eigenvalue weighted by Gasteiger charge is -2.18. The number of rotatable bonds is 5. The normalized spacial score (nSPS) is 11.1. The van der Waals surface area contributed by atoms with Gasteiger partial charge in [0.1, 0.15) is 11.7 Å². The Morgan fingerprint density at radius 1 is 1.50 bits per heavy atom. The lowest BCUT2D eigenvalue weighted by atomic mass is 9.83. The average molecular weight is 332 g/mol. The Kier molecular flexibility index (Phi) is 5.74. The number of Topliss-reactive ketones (excluding diaryl/α,β-unsaturated/α-hetero) is 1.